The predicted octanol–water partition coefficient (Wildman–Crippen LogP) is -0.961. The van der Waals surface area contributed by atoms with Crippen LogP contribution in [0.3, 0.4) is 0 Å². The third kappa shape index (κ3) is 2.28. The maximum Gasteiger partial charge on any atom is 0.335 e. The molecule has 0 amide bonds. The van der Waals surface area contributed by atoms with Gasteiger partial charge in [-0.2, -0.15) is 0 Å². The summed E-state index contributed by atoms with van der Waals surface area (Å²) in [5.41, 5.74) is -1.25. The zero-order valence-electron chi connectivity index (χ0n) is 11.3. The van der Waals surface area contributed by atoms with Gasteiger partial charge in [0.1, 0.15) is 12.2 Å². The average Bonchev–Trinajstić information content (AvgIpc) is 2.82. The Bertz CT molecular complexity index is 691. The van der Waals surface area contributed by atoms with Crippen molar-refractivity contribution in [1.82, 2.24) is 9.55 Å². The molecule has 3 rings (SSSR count). The molecule has 2 aliphatic heterocycles. The summed E-state index contributed by atoms with van der Waals surface area (Å²) in [6.45, 7) is 3.30. The van der Waals surface area contributed by atoms with Crippen LogP contribution >= 0.6 is 0 Å². The fraction of sp³-hybridized carbons (Fsp3) is 0.583. The van der Waals surface area contributed by atoms with E-state index in [-0.39, 0.29) is 0 Å². The lowest BCUT2D eigenvalue weighted by molar-refractivity contribution is -0.203. The highest BCUT2D eigenvalue weighted by molar-refractivity contribution is 5.73. The van der Waals surface area contributed by atoms with Crippen LogP contribution in [0, 0.1) is 0 Å². The van der Waals surface area contributed by atoms with Crippen LogP contribution < -0.4 is 11.2 Å². The number of aliphatic carboxylic acids is 1. The van der Waals surface area contributed by atoms with E-state index in [0.29, 0.717) is 0 Å². The molecule has 2 N–H and O–H groups in total. The van der Waals surface area contributed by atoms with E-state index in [4.69, 9.17) is 14.2 Å². The van der Waals surface area contributed by atoms with Crippen molar-refractivity contribution in [2.24, 2.45) is 0 Å². The molecule has 21 heavy (non-hydrogen) atoms. The standard InChI is InChI=1S/C12H14N2O7/c1-12(2)20-6-7(21-12)9(19-8(6)10(16)17)14-4-3-5(15)13-11(14)18/h3-4,6-9H,1-2H3,(H,16,17)(H,13,15,18). The molecular formula is C12H14N2O7. The first-order valence-corrected chi connectivity index (χ1v) is 6.34. The highest BCUT2D eigenvalue weighted by Crippen LogP contribution is 2.42. The Morgan fingerprint density at radius 3 is 2.62 bits per heavy atom. The second-order valence-electron chi connectivity index (χ2n) is 5.37. The summed E-state index contributed by atoms with van der Waals surface area (Å²) in [7, 11) is 0. The molecule has 2 saturated heterocycles. The van der Waals surface area contributed by atoms with E-state index in [1.807, 2.05) is 0 Å². The van der Waals surface area contributed by atoms with Gasteiger partial charge in [-0.3, -0.25) is 14.3 Å². The molecule has 2 fully saturated rings. The summed E-state index contributed by atoms with van der Waals surface area (Å²) in [5.74, 6) is -2.18. The number of fused-ring (bicyclic) bond motifs is 1. The Morgan fingerprint density at radius 1 is 1.33 bits per heavy atom. The highest BCUT2D eigenvalue weighted by atomic mass is 16.8. The normalized spacial score (nSPS) is 33.8. The van der Waals surface area contributed by atoms with Crippen LogP contribution in [-0.2, 0) is 19.0 Å². The fourth-order valence-electron chi connectivity index (χ4n) is 2.63. The van der Waals surface area contributed by atoms with E-state index < -0.39 is 47.5 Å². The molecule has 4 unspecified atom stereocenters. The zero-order chi connectivity index (χ0) is 15.4. The first kappa shape index (κ1) is 14.0. The topological polar surface area (TPSA) is 120 Å². The minimum absolute atomic E-state index is 0.551. The van der Waals surface area contributed by atoms with Gasteiger partial charge in [-0.25, -0.2) is 9.59 Å². The Kier molecular flexibility index (Phi) is 3.01. The lowest BCUT2D eigenvalue weighted by Crippen LogP contribution is -2.37. The van der Waals surface area contributed by atoms with Crippen LogP contribution in [0.1, 0.15) is 20.1 Å². The van der Waals surface area contributed by atoms with Gasteiger partial charge in [-0.15, -0.1) is 0 Å². The highest BCUT2D eigenvalue weighted by Gasteiger charge is 2.58. The van der Waals surface area contributed by atoms with Crippen LogP contribution in [0.4, 0.5) is 0 Å². The van der Waals surface area contributed by atoms with E-state index in [1.165, 1.54) is 6.20 Å². The van der Waals surface area contributed by atoms with E-state index in [0.717, 1.165) is 10.6 Å². The maximum absolute atomic E-state index is 11.8. The predicted molar refractivity (Wildman–Crippen MR) is 66.7 cm³/mol. The Labute approximate surface area is 118 Å². The first-order chi connectivity index (χ1) is 9.78. The summed E-state index contributed by atoms with van der Waals surface area (Å²) in [6.07, 6.45) is -2.59. The smallest absolute Gasteiger partial charge is 0.335 e. The summed E-state index contributed by atoms with van der Waals surface area (Å²) in [6, 6.07) is 1.15. The number of ether oxygens (including phenoxy) is 3. The summed E-state index contributed by atoms with van der Waals surface area (Å²) in [5, 5.41) is 9.20. The van der Waals surface area contributed by atoms with Crippen molar-refractivity contribution in [1.29, 1.82) is 0 Å². The van der Waals surface area contributed by atoms with Crippen molar-refractivity contribution in [3.05, 3.63) is 33.1 Å². The number of carboxylic acid groups (broad SMARTS) is 1. The molecular weight excluding hydrogens is 284 g/mol. The van der Waals surface area contributed by atoms with E-state index in [2.05, 4.69) is 4.98 Å². The molecule has 2 aliphatic rings. The fourth-order valence-corrected chi connectivity index (χ4v) is 2.63. The van der Waals surface area contributed by atoms with Crippen molar-refractivity contribution >= 4 is 5.97 Å². The third-order valence-electron chi connectivity index (χ3n) is 3.40. The molecule has 1 aromatic heterocycles. The van der Waals surface area contributed by atoms with Gasteiger partial charge in [0.2, 0.25) is 0 Å². The number of carbonyl (C=O) groups is 1. The largest absolute Gasteiger partial charge is 0.479 e. The Morgan fingerprint density at radius 2 is 2.00 bits per heavy atom. The van der Waals surface area contributed by atoms with Crippen molar-refractivity contribution in [3.63, 3.8) is 0 Å². The maximum atomic E-state index is 11.8. The van der Waals surface area contributed by atoms with Gasteiger partial charge in [0.15, 0.2) is 18.1 Å². The number of nitrogens with one attached hydrogen (secondary N) is 1. The lowest BCUT2D eigenvalue weighted by Gasteiger charge is -2.23. The van der Waals surface area contributed by atoms with Crippen molar-refractivity contribution in [2.75, 3.05) is 0 Å². The van der Waals surface area contributed by atoms with E-state index >= 15 is 0 Å². The average molecular weight is 298 g/mol. The van der Waals surface area contributed by atoms with Gasteiger partial charge >= 0.3 is 11.7 Å². The second-order valence-corrected chi connectivity index (χ2v) is 5.37. The number of rotatable bonds is 2. The van der Waals surface area contributed by atoms with Crippen LogP contribution in [0.2, 0.25) is 0 Å². The molecule has 0 radical (unpaired) electrons. The molecule has 0 aliphatic carbocycles. The van der Waals surface area contributed by atoms with Gasteiger partial charge < -0.3 is 19.3 Å². The minimum Gasteiger partial charge on any atom is -0.479 e. The molecule has 0 bridgehead atoms. The van der Waals surface area contributed by atoms with Crippen molar-refractivity contribution < 1.29 is 24.1 Å². The van der Waals surface area contributed by atoms with Crippen LogP contribution in [0.5, 0.6) is 0 Å². The number of H-pyrrole nitrogens is 1. The molecule has 9 nitrogen and oxygen atoms in total. The first-order valence-electron chi connectivity index (χ1n) is 6.34. The summed E-state index contributed by atoms with van der Waals surface area (Å²) >= 11 is 0. The van der Waals surface area contributed by atoms with E-state index in [9.17, 15) is 19.5 Å². The van der Waals surface area contributed by atoms with Crippen molar-refractivity contribution in [3.8, 4) is 0 Å². The number of aromatic amines is 1. The molecule has 9 heteroatoms. The molecule has 4 atom stereocenters. The zero-order valence-corrected chi connectivity index (χ0v) is 11.3. The van der Waals surface area contributed by atoms with E-state index in [1.54, 1.807) is 13.8 Å². The third-order valence-corrected chi connectivity index (χ3v) is 3.40. The Balaban J connectivity index is 2.01. The lowest BCUT2D eigenvalue weighted by atomic mass is 10.1. The molecule has 0 aromatic carbocycles. The Hall–Kier alpha value is -1.97. The molecule has 0 saturated carbocycles. The van der Waals surface area contributed by atoms with Crippen LogP contribution in [0.15, 0.2) is 21.9 Å². The number of hydrogen-bond donors (Lipinski definition) is 2. The molecule has 114 valence electrons. The van der Waals surface area contributed by atoms with Crippen LogP contribution in [-0.4, -0.2) is 44.7 Å². The van der Waals surface area contributed by atoms with Gasteiger partial charge in [-0.1, -0.05) is 0 Å². The number of carboxylic acids is 1. The van der Waals surface area contributed by atoms with Gasteiger partial charge in [0, 0.05) is 12.3 Å². The summed E-state index contributed by atoms with van der Waals surface area (Å²) in [4.78, 5) is 36.3. The number of aromatic nitrogens is 2. The quantitative estimate of drug-likeness (QED) is 0.721. The molecule has 3 heterocycles. The van der Waals surface area contributed by atoms with Gasteiger partial charge in [0.25, 0.3) is 5.56 Å². The monoisotopic (exact) mass is 298 g/mol. The van der Waals surface area contributed by atoms with Gasteiger partial charge in [-0.05, 0) is 13.8 Å². The number of nitrogens with zero attached hydrogens (tertiary/aromatic N) is 1. The molecule has 0 spiro atoms. The van der Waals surface area contributed by atoms with Crippen LogP contribution in [0.25, 0.3) is 0 Å². The minimum atomic E-state index is -1.25. The number of hydrogen-bond acceptors (Lipinski definition) is 6. The summed E-state index contributed by atoms with van der Waals surface area (Å²) < 4.78 is 17.7. The molecule has 1 aromatic rings. The van der Waals surface area contributed by atoms with Crippen molar-refractivity contribution in [2.45, 2.75) is 44.2 Å². The van der Waals surface area contributed by atoms with Gasteiger partial charge in [0.05, 0.1) is 0 Å². The SMILES string of the molecule is CC1(C)OC2C(C(=O)O)OC(n3ccc(=O)[nH]c3=O)C2O1. The second kappa shape index (κ2) is 4.52.